The summed E-state index contributed by atoms with van der Waals surface area (Å²) in [6.07, 6.45) is 0.908. The topological polar surface area (TPSA) is 58.7 Å². The van der Waals surface area contributed by atoms with E-state index in [1.807, 2.05) is 29.2 Å². The van der Waals surface area contributed by atoms with Crippen molar-refractivity contribution < 1.29 is 4.79 Å². The van der Waals surface area contributed by atoms with Gasteiger partial charge in [-0.1, -0.05) is 47.5 Å². The molecule has 2 aromatic carbocycles. The number of halogens is 2. The van der Waals surface area contributed by atoms with Crippen molar-refractivity contribution in [2.45, 2.75) is 12.8 Å². The van der Waals surface area contributed by atoms with Crippen molar-refractivity contribution in [3.05, 3.63) is 63.6 Å². The van der Waals surface area contributed by atoms with Crippen LogP contribution in [-0.2, 0) is 17.6 Å². The number of nitrogens with two attached hydrogens (primary N) is 1. The quantitative estimate of drug-likeness (QED) is 0.668. The molecule has 0 unspecified atom stereocenters. The van der Waals surface area contributed by atoms with Gasteiger partial charge in [0.25, 0.3) is 5.91 Å². The van der Waals surface area contributed by atoms with Crippen LogP contribution in [0, 0.1) is 0 Å². The molecular formula is C17H15Cl2N3O. The molecule has 1 aliphatic heterocycles. The van der Waals surface area contributed by atoms with Crippen LogP contribution in [0.15, 0.2) is 47.5 Å². The fourth-order valence-corrected chi connectivity index (χ4v) is 3.19. The summed E-state index contributed by atoms with van der Waals surface area (Å²) in [6.45, 7) is 0.717. The van der Waals surface area contributed by atoms with Gasteiger partial charge in [0.05, 0.1) is 6.42 Å². The summed E-state index contributed by atoms with van der Waals surface area (Å²) >= 11 is 12.2. The molecule has 118 valence electrons. The lowest BCUT2D eigenvalue weighted by Gasteiger charge is -2.17. The Morgan fingerprint density at radius 2 is 1.83 bits per heavy atom. The van der Waals surface area contributed by atoms with E-state index in [0.717, 1.165) is 18.7 Å². The van der Waals surface area contributed by atoms with Crippen LogP contribution in [0.5, 0.6) is 0 Å². The number of amides is 1. The van der Waals surface area contributed by atoms with E-state index in [1.165, 1.54) is 5.56 Å². The van der Waals surface area contributed by atoms with Gasteiger partial charge in [-0.15, -0.1) is 0 Å². The van der Waals surface area contributed by atoms with E-state index in [-0.39, 0.29) is 18.3 Å². The lowest BCUT2D eigenvalue weighted by atomic mass is 10.1. The van der Waals surface area contributed by atoms with Crippen LogP contribution in [0.25, 0.3) is 0 Å². The third-order valence-corrected chi connectivity index (χ3v) is 4.50. The zero-order chi connectivity index (χ0) is 16.4. The molecule has 0 saturated heterocycles. The molecule has 1 aliphatic rings. The lowest BCUT2D eigenvalue weighted by Crippen LogP contribution is -2.36. The number of hydrogen-bond donors (Lipinski definition) is 1. The smallest absolute Gasteiger partial charge is 0.253 e. The number of carbonyl (C=O) groups is 1. The molecule has 1 amide bonds. The van der Waals surface area contributed by atoms with Crippen molar-refractivity contribution in [1.29, 1.82) is 0 Å². The molecule has 0 atom stereocenters. The first-order chi connectivity index (χ1) is 11.1. The van der Waals surface area contributed by atoms with Gasteiger partial charge in [0, 0.05) is 22.3 Å². The third kappa shape index (κ3) is 3.33. The van der Waals surface area contributed by atoms with E-state index in [1.54, 1.807) is 18.2 Å². The van der Waals surface area contributed by atoms with E-state index in [9.17, 15) is 4.79 Å². The standard InChI is InChI=1S/C17H15Cl2N3O/c18-13-5-3-6-14(19)12(13)10-16(23)21-17(20)22-9-8-11-4-1-2-7-15(11)22/h1-7H,8-10H2,(H2,20,21,23). The molecule has 2 N–H and O–H groups in total. The number of benzene rings is 2. The SMILES string of the molecule is NC(=NC(=O)Cc1c(Cl)cccc1Cl)N1CCc2ccccc21. The van der Waals surface area contributed by atoms with Crippen LogP contribution in [0.2, 0.25) is 10.0 Å². The van der Waals surface area contributed by atoms with E-state index in [4.69, 9.17) is 28.9 Å². The molecule has 3 rings (SSSR count). The Morgan fingerprint density at radius 1 is 1.13 bits per heavy atom. The van der Waals surface area contributed by atoms with Crippen molar-refractivity contribution >= 4 is 40.8 Å². The second kappa shape index (κ2) is 6.60. The highest BCUT2D eigenvalue weighted by Crippen LogP contribution is 2.27. The first-order valence-electron chi connectivity index (χ1n) is 7.21. The molecule has 0 fully saturated rings. The van der Waals surface area contributed by atoms with E-state index < -0.39 is 0 Å². The first-order valence-corrected chi connectivity index (χ1v) is 7.97. The van der Waals surface area contributed by atoms with Gasteiger partial charge in [0.2, 0.25) is 5.96 Å². The van der Waals surface area contributed by atoms with Gasteiger partial charge in [0.15, 0.2) is 0 Å². The van der Waals surface area contributed by atoms with E-state index in [0.29, 0.717) is 15.6 Å². The van der Waals surface area contributed by atoms with Crippen LogP contribution in [0.1, 0.15) is 11.1 Å². The molecule has 4 nitrogen and oxygen atoms in total. The van der Waals surface area contributed by atoms with Crippen molar-refractivity contribution in [2.24, 2.45) is 10.7 Å². The average Bonchev–Trinajstić information content (AvgIpc) is 2.95. The first kappa shape index (κ1) is 15.8. The molecule has 6 heteroatoms. The number of hydrogen-bond acceptors (Lipinski definition) is 1. The summed E-state index contributed by atoms with van der Waals surface area (Å²) in [5.74, 6) is -0.176. The summed E-state index contributed by atoms with van der Waals surface area (Å²) < 4.78 is 0. The zero-order valence-electron chi connectivity index (χ0n) is 12.3. The Balaban J connectivity index is 1.78. The van der Waals surface area contributed by atoms with Crippen molar-refractivity contribution in [3.63, 3.8) is 0 Å². The van der Waals surface area contributed by atoms with Crippen molar-refractivity contribution in [2.75, 3.05) is 11.4 Å². The van der Waals surface area contributed by atoms with Gasteiger partial charge >= 0.3 is 0 Å². The highest BCUT2D eigenvalue weighted by atomic mass is 35.5. The minimum atomic E-state index is -0.373. The number of fused-ring (bicyclic) bond motifs is 1. The summed E-state index contributed by atoms with van der Waals surface area (Å²) in [5, 5.41) is 0.900. The van der Waals surface area contributed by atoms with Crippen LogP contribution in [0.3, 0.4) is 0 Å². The van der Waals surface area contributed by atoms with Gasteiger partial charge in [-0.2, -0.15) is 4.99 Å². The van der Waals surface area contributed by atoms with Crippen LogP contribution in [0.4, 0.5) is 5.69 Å². The predicted molar refractivity (Wildman–Crippen MR) is 94.3 cm³/mol. The van der Waals surface area contributed by atoms with E-state index in [2.05, 4.69) is 4.99 Å². The van der Waals surface area contributed by atoms with Gasteiger partial charge in [0.1, 0.15) is 0 Å². The number of guanidine groups is 1. The van der Waals surface area contributed by atoms with Crippen LogP contribution < -0.4 is 10.6 Å². The summed E-state index contributed by atoms with van der Waals surface area (Å²) in [7, 11) is 0. The molecular weight excluding hydrogens is 333 g/mol. The molecule has 0 aliphatic carbocycles. The third-order valence-electron chi connectivity index (χ3n) is 3.79. The molecule has 0 radical (unpaired) electrons. The normalized spacial score (nSPS) is 14.0. The number of rotatable bonds is 2. The number of carbonyl (C=O) groups excluding carboxylic acids is 1. The van der Waals surface area contributed by atoms with Gasteiger partial charge < -0.3 is 10.6 Å². The second-order valence-corrected chi connectivity index (χ2v) is 6.09. The fraction of sp³-hybridized carbons (Fsp3) is 0.176. The number of anilines is 1. The minimum absolute atomic E-state index is 0.0225. The molecule has 23 heavy (non-hydrogen) atoms. The van der Waals surface area contributed by atoms with Gasteiger partial charge in [-0.3, -0.25) is 4.79 Å². The Kier molecular flexibility index (Phi) is 4.55. The maximum Gasteiger partial charge on any atom is 0.253 e. The number of para-hydroxylation sites is 1. The summed E-state index contributed by atoms with van der Waals surface area (Å²) in [4.78, 5) is 18.0. The monoisotopic (exact) mass is 347 g/mol. The number of aliphatic imine (C=N–C) groups is 1. The molecule has 0 spiro atoms. The zero-order valence-corrected chi connectivity index (χ0v) is 13.8. The van der Waals surface area contributed by atoms with Crippen molar-refractivity contribution in [1.82, 2.24) is 0 Å². The van der Waals surface area contributed by atoms with E-state index >= 15 is 0 Å². The predicted octanol–water partition coefficient (Wildman–Crippen LogP) is 3.44. The maximum absolute atomic E-state index is 12.2. The average molecular weight is 348 g/mol. The highest BCUT2D eigenvalue weighted by Gasteiger charge is 2.22. The minimum Gasteiger partial charge on any atom is -0.369 e. The largest absolute Gasteiger partial charge is 0.369 e. The Morgan fingerprint density at radius 3 is 2.57 bits per heavy atom. The molecule has 2 aromatic rings. The summed E-state index contributed by atoms with van der Waals surface area (Å²) in [6, 6.07) is 13.1. The van der Waals surface area contributed by atoms with Gasteiger partial charge in [-0.05, 0) is 35.7 Å². The van der Waals surface area contributed by atoms with Gasteiger partial charge in [-0.25, -0.2) is 0 Å². The fourth-order valence-electron chi connectivity index (χ4n) is 2.66. The lowest BCUT2D eigenvalue weighted by molar-refractivity contribution is -0.117. The van der Waals surface area contributed by atoms with Crippen molar-refractivity contribution in [3.8, 4) is 0 Å². The Hall–Kier alpha value is -2.04. The number of nitrogens with zero attached hydrogens (tertiary/aromatic N) is 2. The molecule has 0 bridgehead atoms. The second-order valence-electron chi connectivity index (χ2n) is 5.27. The Bertz CT molecular complexity index is 769. The molecule has 0 aromatic heterocycles. The highest BCUT2D eigenvalue weighted by molar-refractivity contribution is 6.36. The molecule has 0 saturated carbocycles. The van der Waals surface area contributed by atoms with Crippen LogP contribution in [-0.4, -0.2) is 18.4 Å². The maximum atomic E-state index is 12.2. The Labute approximate surface area is 144 Å². The molecule has 1 heterocycles. The summed E-state index contributed by atoms with van der Waals surface area (Å²) in [5.41, 5.74) is 8.78. The van der Waals surface area contributed by atoms with Crippen LogP contribution >= 0.6 is 23.2 Å².